The van der Waals surface area contributed by atoms with Crippen molar-refractivity contribution in [2.75, 3.05) is 13.2 Å². The second-order valence-electron chi connectivity index (χ2n) is 6.80. The van der Waals surface area contributed by atoms with Gasteiger partial charge in [0.15, 0.2) is 5.78 Å². The van der Waals surface area contributed by atoms with E-state index in [1.807, 2.05) is 13.8 Å². The number of nitrogens with zero attached hydrogens (tertiary/aromatic N) is 1. The third-order valence-corrected chi connectivity index (χ3v) is 4.74. The molecule has 2 rings (SSSR count). The summed E-state index contributed by atoms with van der Waals surface area (Å²) >= 11 is 5.89. The van der Waals surface area contributed by atoms with Crippen LogP contribution < -0.4 is 0 Å². The van der Waals surface area contributed by atoms with Crippen LogP contribution in [-0.2, 0) is 4.74 Å². The van der Waals surface area contributed by atoms with Crippen molar-refractivity contribution in [2.24, 2.45) is 0 Å². The highest BCUT2D eigenvalue weighted by molar-refractivity contribution is 6.30. The van der Waals surface area contributed by atoms with E-state index in [4.69, 9.17) is 16.3 Å². The molecule has 0 fully saturated rings. The third-order valence-electron chi connectivity index (χ3n) is 4.49. The number of nitrogens with one attached hydrogen (secondary N) is 1. The molecule has 6 nitrogen and oxygen atoms in total. The summed E-state index contributed by atoms with van der Waals surface area (Å²) in [6.45, 7) is 8.99. The van der Waals surface area contributed by atoms with E-state index in [2.05, 4.69) is 4.98 Å². The van der Waals surface area contributed by atoms with Gasteiger partial charge in [-0.2, -0.15) is 0 Å². The highest BCUT2D eigenvalue weighted by Gasteiger charge is 2.27. The normalized spacial score (nSPS) is 10.8. The Balaban J connectivity index is 2.29. The van der Waals surface area contributed by atoms with Gasteiger partial charge < -0.3 is 14.6 Å². The second kappa shape index (κ2) is 9.06. The van der Waals surface area contributed by atoms with Crippen molar-refractivity contribution in [1.82, 2.24) is 9.88 Å². The van der Waals surface area contributed by atoms with Gasteiger partial charge in [-0.25, -0.2) is 4.79 Å². The van der Waals surface area contributed by atoms with Crippen LogP contribution in [0.2, 0.25) is 5.02 Å². The lowest BCUT2D eigenvalue weighted by molar-refractivity contribution is 0.0519. The van der Waals surface area contributed by atoms with E-state index in [0.717, 1.165) is 0 Å². The van der Waals surface area contributed by atoms with Crippen LogP contribution in [0.1, 0.15) is 63.2 Å². The molecular formula is C21H25ClN2O4. The average Bonchev–Trinajstić information content (AvgIpc) is 2.94. The zero-order chi connectivity index (χ0) is 21.0. The summed E-state index contributed by atoms with van der Waals surface area (Å²) < 4.78 is 5.03. The summed E-state index contributed by atoms with van der Waals surface area (Å²) in [5.74, 6) is -0.991. The molecule has 1 amide bonds. The van der Waals surface area contributed by atoms with E-state index in [1.54, 1.807) is 45.0 Å². The van der Waals surface area contributed by atoms with Gasteiger partial charge in [-0.1, -0.05) is 11.6 Å². The molecule has 150 valence electrons. The zero-order valence-corrected chi connectivity index (χ0v) is 17.5. The Morgan fingerprint density at radius 1 is 1.14 bits per heavy atom. The number of aromatic nitrogens is 1. The second-order valence-corrected chi connectivity index (χ2v) is 7.24. The Hall–Kier alpha value is -2.60. The maximum Gasteiger partial charge on any atom is 0.355 e. The number of hydrogen-bond acceptors (Lipinski definition) is 4. The number of Topliss-reactive ketones (excluding diaryl/α,β-unsaturated/α-hetero) is 1. The van der Waals surface area contributed by atoms with Crippen LogP contribution in [0.25, 0.3) is 0 Å². The maximum absolute atomic E-state index is 13.0. The molecule has 7 heteroatoms. The fourth-order valence-electron chi connectivity index (χ4n) is 3.06. The number of esters is 1. The first-order valence-electron chi connectivity index (χ1n) is 9.13. The quantitative estimate of drug-likeness (QED) is 0.554. The predicted molar refractivity (Wildman–Crippen MR) is 108 cm³/mol. The fraction of sp³-hybridized carbons (Fsp3) is 0.381. The van der Waals surface area contributed by atoms with Crippen LogP contribution in [0.5, 0.6) is 0 Å². The Kier molecular flexibility index (Phi) is 7.02. The molecule has 0 unspecified atom stereocenters. The topological polar surface area (TPSA) is 79.5 Å². The van der Waals surface area contributed by atoms with Crippen molar-refractivity contribution in [1.29, 1.82) is 0 Å². The zero-order valence-electron chi connectivity index (χ0n) is 16.8. The number of ether oxygens (including phenoxy) is 1. The van der Waals surface area contributed by atoms with Gasteiger partial charge in [-0.15, -0.1) is 0 Å². The molecule has 0 radical (unpaired) electrons. The van der Waals surface area contributed by atoms with E-state index in [0.29, 0.717) is 27.4 Å². The minimum Gasteiger partial charge on any atom is -0.461 e. The minimum absolute atomic E-state index is 0.0963. The van der Waals surface area contributed by atoms with E-state index in [9.17, 15) is 14.4 Å². The number of benzene rings is 1. The lowest BCUT2D eigenvalue weighted by Gasteiger charge is -2.26. The van der Waals surface area contributed by atoms with Crippen molar-refractivity contribution in [3.05, 3.63) is 57.4 Å². The van der Waals surface area contributed by atoms with Crippen molar-refractivity contribution in [2.45, 2.75) is 40.7 Å². The van der Waals surface area contributed by atoms with Gasteiger partial charge in [-0.05, 0) is 64.4 Å². The van der Waals surface area contributed by atoms with E-state index in [1.165, 1.54) is 4.90 Å². The first-order valence-corrected chi connectivity index (χ1v) is 9.51. The van der Waals surface area contributed by atoms with Crippen LogP contribution in [0.4, 0.5) is 0 Å². The predicted octanol–water partition coefficient (Wildman–Crippen LogP) is 4.20. The summed E-state index contributed by atoms with van der Waals surface area (Å²) in [7, 11) is 0. The van der Waals surface area contributed by atoms with E-state index in [-0.39, 0.29) is 36.6 Å². The first kappa shape index (κ1) is 21.7. The fourth-order valence-corrected chi connectivity index (χ4v) is 3.18. The monoisotopic (exact) mass is 404 g/mol. The number of H-pyrrole nitrogens is 1. The number of halogens is 1. The van der Waals surface area contributed by atoms with Crippen LogP contribution >= 0.6 is 11.6 Å². The SMILES string of the molecule is CCOC(=O)c1[nH]c(C)c(C(=O)CN(C(=O)c2ccc(Cl)cc2)C(C)C)c1C. The molecule has 0 spiro atoms. The van der Waals surface area contributed by atoms with Crippen LogP contribution in [-0.4, -0.2) is 46.7 Å². The lowest BCUT2D eigenvalue weighted by Crippen LogP contribution is -2.40. The van der Waals surface area contributed by atoms with Crippen molar-refractivity contribution >= 4 is 29.3 Å². The van der Waals surface area contributed by atoms with Gasteiger partial charge in [0.05, 0.1) is 13.2 Å². The Morgan fingerprint density at radius 3 is 2.29 bits per heavy atom. The van der Waals surface area contributed by atoms with Crippen molar-refractivity contribution < 1.29 is 19.1 Å². The highest BCUT2D eigenvalue weighted by atomic mass is 35.5. The van der Waals surface area contributed by atoms with Crippen LogP contribution in [0, 0.1) is 13.8 Å². The average molecular weight is 405 g/mol. The maximum atomic E-state index is 13.0. The number of carbonyl (C=O) groups excluding carboxylic acids is 3. The number of hydrogen-bond donors (Lipinski definition) is 1. The number of rotatable bonds is 7. The number of carbonyl (C=O) groups is 3. The Bertz CT molecular complexity index is 885. The summed E-state index contributed by atoms with van der Waals surface area (Å²) in [6, 6.07) is 6.37. The molecule has 0 atom stereocenters. The van der Waals surface area contributed by atoms with Gasteiger partial charge in [0.1, 0.15) is 5.69 Å². The summed E-state index contributed by atoms with van der Waals surface area (Å²) in [6.07, 6.45) is 0. The number of amides is 1. The molecule has 0 bridgehead atoms. The molecular weight excluding hydrogens is 380 g/mol. The van der Waals surface area contributed by atoms with Crippen molar-refractivity contribution in [3.8, 4) is 0 Å². The van der Waals surface area contributed by atoms with Gasteiger partial charge in [0, 0.05) is 27.9 Å². The van der Waals surface area contributed by atoms with Crippen molar-refractivity contribution in [3.63, 3.8) is 0 Å². The highest BCUT2D eigenvalue weighted by Crippen LogP contribution is 2.21. The molecule has 1 heterocycles. The van der Waals surface area contributed by atoms with Gasteiger partial charge in [0.25, 0.3) is 5.91 Å². The number of aromatic amines is 1. The Morgan fingerprint density at radius 2 is 1.75 bits per heavy atom. The molecule has 1 aromatic carbocycles. The lowest BCUT2D eigenvalue weighted by atomic mass is 10.0. The molecule has 0 saturated heterocycles. The first-order chi connectivity index (χ1) is 13.2. The molecule has 1 aromatic heterocycles. The number of aryl methyl sites for hydroxylation is 1. The smallest absolute Gasteiger partial charge is 0.355 e. The Labute approximate surface area is 169 Å². The van der Waals surface area contributed by atoms with Gasteiger partial charge in [0.2, 0.25) is 0 Å². The molecule has 1 N–H and O–H groups in total. The molecule has 2 aromatic rings. The molecule has 0 aliphatic carbocycles. The molecule has 0 saturated carbocycles. The standard InChI is InChI=1S/C21H25ClN2O4/c1-6-28-21(27)19-13(4)18(14(5)23-19)17(25)11-24(12(2)3)20(26)15-7-9-16(22)10-8-15/h7-10,12,23H,6,11H2,1-5H3. The minimum atomic E-state index is -0.500. The summed E-state index contributed by atoms with van der Waals surface area (Å²) in [5.41, 5.74) is 2.25. The van der Waals surface area contributed by atoms with Gasteiger partial charge >= 0.3 is 5.97 Å². The van der Waals surface area contributed by atoms with Crippen LogP contribution in [0.3, 0.4) is 0 Å². The van der Waals surface area contributed by atoms with Gasteiger partial charge in [-0.3, -0.25) is 9.59 Å². The molecule has 0 aliphatic heterocycles. The summed E-state index contributed by atoms with van der Waals surface area (Å²) in [4.78, 5) is 42.4. The molecule has 0 aliphatic rings. The number of ketones is 1. The summed E-state index contributed by atoms with van der Waals surface area (Å²) in [5, 5.41) is 0.536. The van der Waals surface area contributed by atoms with E-state index >= 15 is 0 Å². The third kappa shape index (κ3) is 4.62. The molecule has 28 heavy (non-hydrogen) atoms. The largest absolute Gasteiger partial charge is 0.461 e. The van der Waals surface area contributed by atoms with Crippen LogP contribution in [0.15, 0.2) is 24.3 Å². The van der Waals surface area contributed by atoms with E-state index < -0.39 is 5.97 Å².